The van der Waals surface area contributed by atoms with E-state index in [0.29, 0.717) is 6.08 Å². The molecule has 0 bridgehead atoms. The highest BCUT2D eigenvalue weighted by molar-refractivity contribution is 5.91. The van der Waals surface area contributed by atoms with Gasteiger partial charge in [0.2, 0.25) is 0 Å². The van der Waals surface area contributed by atoms with Crippen molar-refractivity contribution in [2.75, 3.05) is 0 Å². The normalized spacial score (nSPS) is 10.2. The Balaban J connectivity index is 2.47. The average molecular weight is 184 g/mol. The van der Waals surface area contributed by atoms with Crippen LogP contribution in [0.1, 0.15) is 0 Å². The van der Waals surface area contributed by atoms with Crippen molar-refractivity contribution in [3.05, 3.63) is 18.4 Å². The smallest absolute Gasteiger partial charge is 0.337 e. The van der Waals surface area contributed by atoms with Crippen LogP contribution >= 0.6 is 0 Å². The molecular formula is C6H4N2O5. The summed E-state index contributed by atoms with van der Waals surface area (Å²) >= 11 is 0. The van der Waals surface area contributed by atoms with Crippen LogP contribution in [0.5, 0.6) is 5.88 Å². The molecule has 7 nitrogen and oxygen atoms in total. The van der Waals surface area contributed by atoms with Gasteiger partial charge in [0.15, 0.2) is 6.26 Å². The van der Waals surface area contributed by atoms with Crippen molar-refractivity contribution < 1.29 is 24.0 Å². The van der Waals surface area contributed by atoms with E-state index in [1.54, 1.807) is 0 Å². The van der Waals surface area contributed by atoms with Gasteiger partial charge in [0.05, 0.1) is 0 Å². The van der Waals surface area contributed by atoms with Crippen molar-refractivity contribution in [3.63, 3.8) is 0 Å². The van der Waals surface area contributed by atoms with Gasteiger partial charge in [0, 0.05) is 17.4 Å². The van der Waals surface area contributed by atoms with E-state index in [2.05, 4.69) is 19.6 Å². The number of carboxylic acids is 1. The van der Waals surface area contributed by atoms with E-state index in [0.717, 1.165) is 12.3 Å². The van der Waals surface area contributed by atoms with E-state index in [1.165, 1.54) is 0 Å². The van der Waals surface area contributed by atoms with Crippen molar-refractivity contribution in [2.24, 2.45) is 0 Å². The molecule has 1 aromatic rings. The molecule has 13 heavy (non-hydrogen) atoms. The molecule has 1 heterocycles. The largest absolute Gasteiger partial charge is 0.478 e. The van der Waals surface area contributed by atoms with Crippen LogP contribution in [0.2, 0.25) is 0 Å². The van der Waals surface area contributed by atoms with E-state index in [4.69, 9.17) is 5.11 Å². The number of carbonyl (C=O) groups excluding carboxylic acids is 1. The lowest BCUT2D eigenvalue weighted by Crippen LogP contribution is -2.05. The minimum absolute atomic E-state index is 0.125. The molecule has 0 amide bonds. The van der Waals surface area contributed by atoms with Crippen LogP contribution in [0.4, 0.5) is 0 Å². The molecule has 0 atom stereocenters. The number of nitrogens with zero attached hydrogens (tertiary/aromatic N) is 2. The highest BCUT2D eigenvalue weighted by Gasteiger charge is 2.03. The molecule has 0 aliphatic carbocycles. The predicted octanol–water partition coefficient (Wildman–Crippen LogP) is -0.384. The number of hydrogen-bond acceptors (Lipinski definition) is 6. The minimum atomic E-state index is -1.24. The molecule has 68 valence electrons. The number of aliphatic carboxylic acids is 1. The third-order valence-corrected chi connectivity index (χ3v) is 0.907. The van der Waals surface area contributed by atoms with Crippen LogP contribution < -0.4 is 4.74 Å². The van der Waals surface area contributed by atoms with Gasteiger partial charge in [0.1, 0.15) is 0 Å². The van der Waals surface area contributed by atoms with Crippen molar-refractivity contribution in [2.45, 2.75) is 0 Å². The predicted molar refractivity (Wildman–Crippen MR) is 36.7 cm³/mol. The topological polar surface area (TPSA) is 103 Å². The van der Waals surface area contributed by atoms with Crippen LogP contribution in [-0.2, 0) is 9.59 Å². The molecule has 1 rings (SSSR count). The lowest BCUT2D eigenvalue weighted by molar-refractivity contribution is -0.133. The quantitative estimate of drug-likeness (QED) is 0.504. The molecule has 0 aliphatic rings. The Kier molecular flexibility index (Phi) is 2.74. The first-order valence-corrected chi connectivity index (χ1v) is 3.08. The summed E-state index contributed by atoms with van der Waals surface area (Å²) in [6.07, 6.45) is 2.40. The second-order valence-electron chi connectivity index (χ2n) is 1.84. The fourth-order valence-corrected chi connectivity index (χ4v) is 0.477. The number of rotatable bonds is 3. The highest BCUT2D eigenvalue weighted by Crippen LogP contribution is 2.02. The monoisotopic (exact) mass is 184 g/mol. The van der Waals surface area contributed by atoms with Crippen LogP contribution in [0, 0.1) is 0 Å². The maximum atomic E-state index is 10.7. The number of carbonyl (C=O) groups is 2. The van der Waals surface area contributed by atoms with Crippen molar-refractivity contribution in [1.82, 2.24) is 10.4 Å². The Labute approximate surface area is 71.6 Å². The van der Waals surface area contributed by atoms with Crippen molar-refractivity contribution >= 4 is 11.9 Å². The lowest BCUT2D eigenvalue weighted by Gasteiger charge is -1.90. The Morgan fingerprint density at radius 2 is 2.31 bits per heavy atom. The second-order valence-corrected chi connectivity index (χ2v) is 1.84. The second kappa shape index (κ2) is 4.00. The van der Waals surface area contributed by atoms with Gasteiger partial charge in [-0.1, -0.05) is 5.10 Å². The molecule has 0 fully saturated rings. The molecule has 0 aromatic carbocycles. The van der Waals surface area contributed by atoms with Gasteiger partial charge in [-0.15, -0.1) is 0 Å². The lowest BCUT2D eigenvalue weighted by atomic mass is 10.5. The van der Waals surface area contributed by atoms with E-state index >= 15 is 0 Å². The van der Waals surface area contributed by atoms with Gasteiger partial charge in [-0.2, -0.15) is 0 Å². The summed E-state index contributed by atoms with van der Waals surface area (Å²) in [4.78, 5) is 20.7. The molecule has 0 saturated heterocycles. The van der Waals surface area contributed by atoms with E-state index in [9.17, 15) is 9.59 Å². The summed E-state index contributed by atoms with van der Waals surface area (Å²) in [6, 6.07) is 0. The molecule has 0 saturated carbocycles. The minimum Gasteiger partial charge on any atom is -0.478 e. The van der Waals surface area contributed by atoms with Gasteiger partial charge in [0.25, 0.3) is 5.88 Å². The molecular weight excluding hydrogens is 180 g/mol. The maximum Gasteiger partial charge on any atom is 0.337 e. The third-order valence-electron chi connectivity index (χ3n) is 0.907. The fraction of sp³-hybridized carbons (Fsp3) is 0. The van der Waals surface area contributed by atoms with Crippen LogP contribution in [-0.4, -0.2) is 27.4 Å². The standard InChI is InChI=1S/C6H4N2O5/c9-5(10)1-2-6(11)13-4-3-12-8-7-4/h1-3H,(H,9,10)/b2-1+. The zero-order valence-electron chi connectivity index (χ0n) is 6.21. The number of hydrogen-bond donors (Lipinski definition) is 1. The zero-order valence-corrected chi connectivity index (χ0v) is 6.21. The molecule has 7 heteroatoms. The summed E-state index contributed by atoms with van der Waals surface area (Å²) in [6.45, 7) is 0. The summed E-state index contributed by atoms with van der Waals surface area (Å²) in [5.74, 6) is -2.23. The van der Waals surface area contributed by atoms with Crippen molar-refractivity contribution in [3.8, 4) is 5.88 Å². The average Bonchev–Trinajstić information content (AvgIpc) is 2.53. The molecule has 1 aromatic heterocycles. The Morgan fingerprint density at radius 3 is 2.85 bits per heavy atom. The number of esters is 1. The van der Waals surface area contributed by atoms with Crippen LogP contribution in [0.3, 0.4) is 0 Å². The molecule has 0 aliphatic heterocycles. The Hall–Kier alpha value is -2.18. The van der Waals surface area contributed by atoms with Gasteiger partial charge in [-0.05, 0) is 0 Å². The first-order chi connectivity index (χ1) is 6.18. The number of ether oxygens (including phenoxy) is 1. The van der Waals surface area contributed by atoms with E-state index < -0.39 is 11.9 Å². The maximum absolute atomic E-state index is 10.7. The van der Waals surface area contributed by atoms with Crippen molar-refractivity contribution in [1.29, 1.82) is 0 Å². The van der Waals surface area contributed by atoms with Crippen LogP contribution in [0.15, 0.2) is 22.9 Å². The Morgan fingerprint density at radius 1 is 1.54 bits per heavy atom. The number of aromatic nitrogens is 2. The van der Waals surface area contributed by atoms with E-state index in [-0.39, 0.29) is 5.88 Å². The first kappa shape index (κ1) is 8.91. The fourth-order valence-electron chi connectivity index (χ4n) is 0.477. The third kappa shape index (κ3) is 3.14. The molecule has 1 N–H and O–H groups in total. The first-order valence-electron chi connectivity index (χ1n) is 3.08. The summed E-state index contributed by atoms with van der Waals surface area (Å²) in [7, 11) is 0. The number of carboxylic acid groups (broad SMARTS) is 1. The van der Waals surface area contributed by atoms with Gasteiger partial charge < -0.3 is 14.4 Å². The Bertz CT molecular complexity index is 329. The zero-order chi connectivity index (χ0) is 9.68. The van der Waals surface area contributed by atoms with Gasteiger partial charge in [-0.3, -0.25) is 0 Å². The molecule has 0 spiro atoms. The summed E-state index contributed by atoms with van der Waals surface area (Å²) in [5, 5.41) is 14.4. The van der Waals surface area contributed by atoms with Crippen LogP contribution in [0.25, 0.3) is 0 Å². The summed E-state index contributed by atoms with van der Waals surface area (Å²) < 4.78 is 8.71. The van der Waals surface area contributed by atoms with Gasteiger partial charge >= 0.3 is 11.9 Å². The SMILES string of the molecule is O=C(O)/C=C/C(=O)Oc1conn1. The van der Waals surface area contributed by atoms with E-state index in [1.807, 2.05) is 0 Å². The molecule has 0 radical (unpaired) electrons. The van der Waals surface area contributed by atoms with Gasteiger partial charge in [-0.25, -0.2) is 9.59 Å². The highest BCUT2D eigenvalue weighted by atomic mass is 16.6. The molecule has 0 unspecified atom stereocenters. The summed E-state index contributed by atoms with van der Waals surface area (Å²) in [5.41, 5.74) is 0.